The van der Waals surface area contributed by atoms with Crippen LogP contribution >= 0.6 is 11.8 Å². The van der Waals surface area contributed by atoms with Gasteiger partial charge in [-0.25, -0.2) is 8.78 Å². The SMILES string of the molecule is CC(O)(CN)CCCSc1cc(F)ccc1F. The molecule has 0 saturated carbocycles. The van der Waals surface area contributed by atoms with Crippen LogP contribution in [0.2, 0.25) is 0 Å². The Kier molecular flexibility index (Phi) is 5.36. The molecule has 0 aromatic heterocycles. The standard InChI is InChI=1S/C12H17F2NOS/c1-12(16,8-15)5-2-6-17-11-7-9(13)3-4-10(11)14/h3-4,7,16H,2,5-6,8,15H2,1H3. The molecule has 0 aliphatic heterocycles. The molecule has 1 aromatic rings. The summed E-state index contributed by atoms with van der Waals surface area (Å²) >= 11 is 1.25. The van der Waals surface area contributed by atoms with Crippen LogP contribution in [-0.2, 0) is 0 Å². The molecule has 1 rings (SSSR count). The predicted octanol–water partition coefficient (Wildman–Crippen LogP) is 2.55. The molecule has 0 radical (unpaired) electrons. The molecule has 0 fully saturated rings. The molecule has 1 atom stereocenters. The number of halogens is 2. The van der Waals surface area contributed by atoms with Crippen molar-refractivity contribution in [1.29, 1.82) is 0 Å². The van der Waals surface area contributed by atoms with E-state index >= 15 is 0 Å². The van der Waals surface area contributed by atoms with Crippen LogP contribution in [0.25, 0.3) is 0 Å². The summed E-state index contributed by atoms with van der Waals surface area (Å²) < 4.78 is 26.1. The normalized spacial score (nSPS) is 14.6. The third-order valence-corrected chi connectivity index (χ3v) is 3.57. The van der Waals surface area contributed by atoms with E-state index in [4.69, 9.17) is 5.73 Å². The predicted molar refractivity (Wildman–Crippen MR) is 66.0 cm³/mol. The van der Waals surface area contributed by atoms with Crippen LogP contribution in [0.1, 0.15) is 19.8 Å². The molecule has 0 aliphatic rings. The zero-order valence-electron chi connectivity index (χ0n) is 9.75. The maximum Gasteiger partial charge on any atom is 0.136 e. The largest absolute Gasteiger partial charge is 0.389 e. The number of aliphatic hydroxyl groups is 1. The minimum Gasteiger partial charge on any atom is -0.389 e. The number of thioether (sulfide) groups is 1. The minimum absolute atomic E-state index is 0.200. The molecule has 5 heteroatoms. The summed E-state index contributed by atoms with van der Waals surface area (Å²) in [6.07, 6.45) is 1.25. The van der Waals surface area contributed by atoms with Crippen molar-refractivity contribution in [3.8, 4) is 0 Å². The van der Waals surface area contributed by atoms with E-state index in [0.29, 0.717) is 23.5 Å². The van der Waals surface area contributed by atoms with Gasteiger partial charge in [0.25, 0.3) is 0 Å². The number of benzene rings is 1. The minimum atomic E-state index is -0.874. The first kappa shape index (κ1) is 14.4. The van der Waals surface area contributed by atoms with Gasteiger partial charge in [-0.2, -0.15) is 0 Å². The summed E-state index contributed by atoms with van der Waals surface area (Å²) in [4.78, 5) is 0.303. The Labute approximate surface area is 104 Å². The first-order valence-corrected chi connectivity index (χ1v) is 6.43. The Balaban J connectivity index is 2.38. The van der Waals surface area contributed by atoms with E-state index in [2.05, 4.69) is 0 Å². The molecule has 0 bridgehead atoms. The van der Waals surface area contributed by atoms with Crippen molar-refractivity contribution in [2.75, 3.05) is 12.3 Å². The van der Waals surface area contributed by atoms with Crippen molar-refractivity contribution in [3.05, 3.63) is 29.8 Å². The van der Waals surface area contributed by atoms with Gasteiger partial charge in [0.2, 0.25) is 0 Å². The van der Waals surface area contributed by atoms with Gasteiger partial charge in [0.05, 0.1) is 5.60 Å². The molecule has 0 heterocycles. The molecule has 0 spiro atoms. The lowest BCUT2D eigenvalue weighted by Gasteiger charge is -2.20. The molecule has 3 N–H and O–H groups in total. The van der Waals surface area contributed by atoms with Crippen LogP contribution in [0.3, 0.4) is 0 Å². The summed E-state index contributed by atoms with van der Waals surface area (Å²) in [5.41, 5.74) is 4.50. The summed E-state index contributed by atoms with van der Waals surface area (Å²) in [7, 11) is 0. The third kappa shape index (κ3) is 5.02. The zero-order chi connectivity index (χ0) is 12.9. The summed E-state index contributed by atoms with van der Waals surface area (Å²) in [5.74, 6) is -0.235. The lowest BCUT2D eigenvalue weighted by molar-refractivity contribution is 0.0596. The molecule has 2 nitrogen and oxygen atoms in total. The molecule has 17 heavy (non-hydrogen) atoms. The average molecular weight is 261 g/mol. The van der Waals surface area contributed by atoms with Crippen LogP contribution in [0.4, 0.5) is 8.78 Å². The molecule has 1 aromatic carbocycles. The average Bonchev–Trinajstić information content (AvgIpc) is 2.29. The van der Waals surface area contributed by atoms with Crippen LogP contribution in [0.5, 0.6) is 0 Å². The van der Waals surface area contributed by atoms with Gasteiger partial charge in [-0.1, -0.05) is 0 Å². The first-order chi connectivity index (χ1) is 7.94. The van der Waals surface area contributed by atoms with E-state index in [1.807, 2.05) is 0 Å². The van der Waals surface area contributed by atoms with Gasteiger partial charge < -0.3 is 10.8 Å². The highest BCUT2D eigenvalue weighted by atomic mass is 32.2. The summed E-state index contributed by atoms with van der Waals surface area (Å²) in [6, 6.07) is 3.40. The molecule has 0 saturated heterocycles. The first-order valence-electron chi connectivity index (χ1n) is 5.45. The van der Waals surface area contributed by atoms with Gasteiger partial charge in [-0.15, -0.1) is 11.8 Å². The molecule has 1 unspecified atom stereocenters. The Morgan fingerprint density at radius 1 is 1.41 bits per heavy atom. The fraction of sp³-hybridized carbons (Fsp3) is 0.500. The summed E-state index contributed by atoms with van der Waals surface area (Å²) in [5, 5.41) is 9.65. The zero-order valence-corrected chi connectivity index (χ0v) is 10.6. The van der Waals surface area contributed by atoms with E-state index in [0.717, 1.165) is 12.1 Å². The van der Waals surface area contributed by atoms with Gasteiger partial charge in [-0.3, -0.25) is 0 Å². The highest BCUT2D eigenvalue weighted by Gasteiger charge is 2.17. The van der Waals surface area contributed by atoms with E-state index in [-0.39, 0.29) is 6.54 Å². The van der Waals surface area contributed by atoms with E-state index < -0.39 is 17.2 Å². The van der Waals surface area contributed by atoms with E-state index in [1.54, 1.807) is 6.92 Å². The highest BCUT2D eigenvalue weighted by molar-refractivity contribution is 7.99. The number of nitrogens with two attached hydrogens (primary N) is 1. The Bertz CT molecular complexity index is 372. The maximum atomic E-state index is 13.2. The quantitative estimate of drug-likeness (QED) is 0.611. The van der Waals surface area contributed by atoms with Crippen molar-refractivity contribution >= 4 is 11.8 Å². The molecular formula is C12H17F2NOS. The lowest BCUT2D eigenvalue weighted by atomic mass is 10.0. The Hall–Kier alpha value is -0.650. The van der Waals surface area contributed by atoms with E-state index in [1.165, 1.54) is 17.8 Å². The second kappa shape index (κ2) is 6.33. The summed E-state index contributed by atoms with van der Waals surface area (Å²) in [6.45, 7) is 1.87. The molecule has 0 amide bonds. The number of hydrogen-bond donors (Lipinski definition) is 2. The van der Waals surface area contributed by atoms with E-state index in [9.17, 15) is 13.9 Å². The van der Waals surface area contributed by atoms with Crippen molar-refractivity contribution in [3.63, 3.8) is 0 Å². The van der Waals surface area contributed by atoms with Crippen LogP contribution in [0.15, 0.2) is 23.1 Å². The van der Waals surface area contributed by atoms with Crippen molar-refractivity contribution in [2.45, 2.75) is 30.3 Å². The third-order valence-electron chi connectivity index (χ3n) is 2.45. The topological polar surface area (TPSA) is 46.2 Å². The smallest absolute Gasteiger partial charge is 0.136 e. The fourth-order valence-electron chi connectivity index (χ4n) is 1.32. The van der Waals surface area contributed by atoms with Crippen molar-refractivity contribution < 1.29 is 13.9 Å². The van der Waals surface area contributed by atoms with Gasteiger partial charge in [0.15, 0.2) is 0 Å². The Morgan fingerprint density at radius 2 is 2.12 bits per heavy atom. The lowest BCUT2D eigenvalue weighted by Crippen LogP contribution is -2.34. The fourth-order valence-corrected chi connectivity index (χ4v) is 2.24. The van der Waals surface area contributed by atoms with Gasteiger partial charge in [-0.05, 0) is 43.7 Å². The number of rotatable bonds is 6. The van der Waals surface area contributed by atoms with Gasteiger partial charge in [0, 0.05) is 11.4 Å². The van der Waals surface area contributed by atoms with Crippen molar-refractivity contribution in [1.82, 2.24) is 0 Å². The van der Waals surface area contributed by atoms with Crippen LogP contribution in [-0.4, -0.2) is 23.0 Å². The Morgan fingerprint density at radius 3 is 2.76 bits per heavy atom. The van der Waals surface area contributed by atoms with Crippen LogP contribution < -0.4 is 5.73 Å². The van der Waals surface area contributed by atoms with Gasteiger partial charge >= 0.3 is 0 Å². The second-order valence-corrected chi connectivity index (χ2v) is 5.36. The maximum absolute atomic E-state index is 13.2. The molecule has 0 aliphatic carbocycles. The monoisotopic (exact) mass is 261 g/mol. The molecule has 96 valence electrons. The molecular weight excluding hydrogens is 244 g/mol. The van der Waals surface area contributed by atoms with Gasteiger partial charge in [0.1, 0.15) is 11.6 Å². The highest BCUT2D eigenvalue weighted by Crippen LogP contribution is 2.24. The van der Waals surface area contributed by atoms with Crippen LogP contribution in [0, 0.1) is 11.6 Å². The van der Waals surface area contributed by atoms with Crippen molar-refractivity contribution in [2.24, 2.45) is 5.73 Å². The number of hydrogen-bond acceptors (Lipinski definition) is 3. The second-order valence-electron chi connectivity index (χ2n) is 4.23.